The Kier molecular flexibility index (Phi) is 4.33. The first-order valence-electron chi connectivity index (χ1n) is 9.06. The lowest BCUT2D eigenvalue weighted by Crippen LogP contribution is -2.43. The van der Waals surface area contributed by atoms with Crippen molar-refractivity contribution in [1.82, 2.24) is 25.2 Å². The van der Waals surface area contributed by atoms with E-state index in [9.17, 15) is 4.79 Å². The minimum absolute atomic E-state index is 0.0688. The molecule has 4 rings (SSSR count). The van der Waals surface area contributed by atoms with Gasteiger partial charge in [-0.3, -0.25) is 14.4 Å². The van der Waals surface area contributed by atoms with Crippen LogP contribution in [0.15, 0.2) is 16.8 Å². The molecule has 2 aliphatic rings. The number of nitrogens with one attached hydrogen (secondary N) is 1. The van der Waals surface area contributed by atoms with E-state index in [2.05, 4.69) is 20.5 Å². The molecule has 1 aliphatic carbocycles. The molecule has 2 aromatic rings. The molecule has 1 atom stereocenters. The minimum atomic E-state index is 0.0688. The molecule has 1 N–H and O–H groups in total. The summed E-state index contributed by atoms with van der Waals surface area (Å²) in [5.74, 6) is 1.01. The van der Waals surface area contributed by atoms with Gasteiger partial charge in [0.15, 0.2) is 0 Å². The van der Waals surface area contributed by atoms with Gasteiger partial charge in [-0.1, -0.05) is 5.16 Å². The van der Waals surface area contributed by atoms with E-state index < -0.39 is 0 Å². The highest BCUT2D eigenvalue weighted by molar-refractivity contribution is 5.76. The summed E-state index contributed by atoms with van der Waals surface area (Å²) in [6.45, 7) is 6.34. The molecule has 7 nitrogen and oxygen atoms in total. The second kappa shape index (κ2) is 6.63. The van der Waals surface area contributed by atoms with Crippen molar-refractivity contribution in [2.45, 2.75) is 64.7 Å². The van der Waals surface area contributed by atoms with Gasteiger partial charge in [0.2, 0.25) is 5.91 Å². The summed E-state index contributed by atoms with van der Waals surface area (Å²) in [5.41, 5.74) is 3.24. The van der Waals surface area contributed by atoms with Crippen molar-refractivity contribution < 1.29 is 9.32 Å². The molecule has 25 heavy (non-hydrogen) atoms. The largest absolute Gasteiger partial charge is 0.361 e. The SMILES string of the molecule is Cc1noc(C)c1CN1Cc2ccnn2C(CC(=O)NC2CCC2)C1. The quantitative estimate of drug-likeness (QED) is 0.900. The van der Waals surface area contributed by atoms with Gasteiger partial charge in [0.05, 0.1) is 23.9 Å². The van der Waals surface area contributed by atoms with Gasteiger partial charge in [0, 0.05) is 37.4 Å². The zero-order chi connectivity index (χ0) is 17.4. The van der Waals surface area contributed by atoms with Crippen molar-refractivity contribution in [1.29, 1.82) is 0 Å². The molecule has 3 heterocycles. The fraction of sp³-hybridized carbons (Fsp3) is 0.611. The van der Waals surface area contributed by atoms with E-state index in [0.29, 0.717) is 12.5 Å². The number of amides is 1. The number of rotatable bonds is 5. The van der Waals surface area contributed by atoms with Gasteiger partial charge in [-0.2, -0.15) is 5.10 Å². The summed E-state index contributed by atoms with van der Waals surface area (Å²) >= 11 is 0. The van der Waals surface area contributed by atoms with Crippen molar-refractivity contribution in [3.05, 3.63) is 35.0 Å². The summed E-state index contributed by atoms with van der Waals surface area (Å²) in [6.07, 6.45) is 5.75. The van der Waals surface area contributed by atoms with Crippen LogP contribution < -0.4 is 5.32 Å². The van der Waals surface area contributed by atoms with E-state index in [4.69, 9.17) is 4.52 Å². The Morgan fingerprint density at radius 1 is 1.40 bits per heavy atom. The summed E-state index contributed by atoms with van der Waals surface area (Å²) in [6, 6.07) is 2.49. The Labute approximate surface area is 147 Å². The van der Waals surface area contributed by atoms with Crippen LogP contribution in [-0.4, -0.2) is 38.3 Å². The van der Waals surface area contributed by atoms with Crippen LogP contribution in [0.2, 0.25) is 0 Å². The molecule has 0 aromatic carbocycles. The maximum atomic E-state index is 12.4. The Balaban J connectivity index is 1.46. The predicted octanol–water partition coefficient (Wildman–Crippen LogP) is 2.10. The number of carbonyl (C=O) groups is 1. The van der Waals surface area contributed by atoms with Crippen LogP contribution in [0.4, 0.5) is 0 Å². The number of nitrogens with zero attached hydrogens (tertiary/aromatic N) is 4. The molecule has 0 bridgehead atoms. The lowest BCUT2D eigenvalue weighted by atomic mass is 9.93. The fourth-order valence-corrected chi connectivity index (χ4v) is 3.74. The van der Waals surface area contributed by atoms with Crippen LogP contribution in [0.3, 0.4) is 0 Å². The lowest BCUT2D eigenvalue weighted by molar-refractivity contribution is -0.123. The minimum Gasteiger partial charge on any atom is -0.361 e. The molecule has 0 spiro atoms. The number of carbonyl (C=O) groups excluding carboxylic acids is 1. The first-order valence-corrected chi connectivity index (χ1v) is 9.06. The van der Waals surface area contributed by atoms with Crippen molar-refractivity contribution >= 4 is 5.91 Å². The van der Waals surface area contributed by atoms with Crippen LogP contribution in [0.1, 0.15) is 54.4 Å². The van der Waals surface area contributed by atoms with E-state index in [-0.39, 0.29) is 11.9 Å². The molecule has 1 fully saturated rings. The summed E-state index contributed by atoms with van der Waals surface area (Å²) in [4.78, 5) is 14.7. The molecule has 7 heteroatoms. The van der Waals surface area contributed by atoms with Gasteiger partial charge in [0.1, 0.15) is 5.76 Å². The highest BCUT2D eigenvalue weighted by Gasteiger charge is 2.29. The standard InChI is InChI=1S/C18H25N5O2/c1-12-17(13(2)25-21-12)11-22-9-15-6-7-19-23(15)16(10-22)8-18(24)20-14-4-3-5-14/h6-7,14,16H,3-5,8-11H2,1-2H3,(H,20,24). The zero-order valence-electron chi connectivity index (χ0n) is 14.9. The number of aryl methyl sites for hydroxylation is 2. The van der Waals surface area contributed by atoms with Crippen molar-refractivity contribution in [3.63, 3.8) is 0 Å². The fourth-order valence-electron chi connectivity index (χ4n) is 3.74. The van der Waals surface area contributed by atoms with E-state index in [1.165, 1.54) is 6.42 Å². The van der Waals surface area contributed by atoms with Gasteiger partial charge in [-0.05, 0) is 39.2 Å². The van der Waals surface area contributed by atoms with Crippen molar-refractivity contribution in [2.24, 2.45) is 0 Å². The molecule has 2 aromatic heterocycles. The van der Waals surface area contributed by atoms with Crippen molar-refractivity contribution in [3.8, 4) is 0 Å². The average molecular weight is 343 g/mol. The molecular weight excluding hydrogens is 318 g/mol. The van der Waals surface area contributed by atoms with E-state index >= 15 is 0 Å². The Morgan fingerprint density at radius 2 is 2.24 bits per heavy atom. The number of hydrogen-bond donors (Lipinski definition) is 1. The number of aromatic nitrogens is 3. The maximum absolute atomic E-state index is 12.4. The molecule has 1 unspecified atom stereocenters. The van der Waals surface area contributed by atoms with Gasteiger partial charge < -0.3 is 9.84 Å². The molecule has 134 valence electrons. The predicted molar refractivity (Wildman–Crippen MR) is 91.8 cm³/mol. The van der Waals surface area contributed by atoms with Gasteiger partial charge in [-0.15, -0.1) is 0 Å². The summed E-state index contributed by atoms with van der Waals surface area (Å²) in [5, 5.41) is 11.6. The second-order valence-corrected chi connectivity index (χ2v) is 7.29. The van der Waals surface area contributed by atoms with Gasteiger partial charge in [-0.25, -0.2) is 0 Å². The maximum Gasteiger partial charge on any atom is 0.222 e. The van der Waals surface area contributed by atoms with E-state index in [0.717, 1.165) is 55.2 Å². The Bertz CT molecular complexity index is 742. The Morgan fingerprint density at radius 3 is 2.92 bits per heavy atom. The highest BCUT2D eigenvalue weighted by atomic mass is 16.5. The molecule has 1 saturated carbocycles. The molecule has 1 amide bonds. The Hall–Kier alpha value is -2.15. The average Bonchev–Trinajstić information content (AvgIpc) is 3.13. The van der Waals surface area contributed by atoms with Crippen LogP contribution >= 0.6 is 0 Å². The highest BCUT2D eigenvalue weighted by Crippen LogP contribution is 2.26. The third kappa shape index (κ3) is 3.33. The van der Waals surface area contributed by atoms with E-state index in [1.807, 2.05) is 30.8 Å². The number of fused-ring (bicyclic) bond motifs is 1. The number of hydrogen-bond acceptors (Lipinski definition) is 5. The van der Waals surface area contributed by atoms with Crippen LogP contribution in [-0.2, 0) is 17.9 Å². The molecule has 0 radical (unpaired) electrons. The van der Waals surface area contributed by atoms with Crippen LogP contribution in [0.25, 0.3) is 0 Å². The topological polar surface area (TPSA) is 76.2 Å². The first-order chi connectivity index (χ1) is 12.1. The van der Waals surface area contributed by atoms with E-state index in [1.54, 1.807) is 0 Å². The normalized spacial score (nSPS) is 21.0. The molecule has 1 aliphatic heterocycles. The van der Waals surface area contributed by atoms with Crippen LogP contribution in [0.5, 0.6) is 0 Å². The first kappa shape index (κ1) is 16.3. The third-order valence-corrected chi connectivity index (χ3v) is 5.41. The second-order valence-electron chi connectivity index (χ2n) is 7.29. The van der Waals surface area contributed by atoms with Gasteiger partial charge >= 0.3 is 0 Å². The zero-order valence-corrected chi connectivity index (χ0v) is 14.9. The summed E-state index contributed by atoms with van der Waals surface area (Å²) < 4.78 is 7.30. The third-order valence-electron chi connectivity index (χ3n) is 5.41. The van der Waals surface area contributed by atoms with Crippen molar-refractivity contribution in [2.75, 3.05) is 6.54 Å². The smallest absolute Gasteiger partial charge is 0.222 e. The molecule has 0 saturated heterocycles. The lowest BCUT2D eigenvalue weighted by Gasteiger charge is -2.34. The molecular formula is C18H25N5O2. The monoisotopic (exact) mass is 343 g/mol. The van der Waals surface area contributed by atoms with Gasteiger partial charge in [0.25, 0.3) is 0 Å². The summed E-state index contributed by atoms with van der Waals surface area (Å²) in [7, 11) is 0. The van der Waals surface area contributed by atoms with Crippen LogP contribution in [0, 0.1) is 13.8 Å².